The van der Waals surface area contributed by atoms with Crippen LogP contribution in [0.25, 0.3) is 11.1 Å². The molecule has 1 unspecified atom stereocenters. The number of sulfonamides is 1. The van der Waals surface area contributed by atoms with Gasteiger partial charge in [0.2, 0.25) is 10.0 Å². The molecule has 0 radical (unpaired) electrons. The summed E-state index contributed by atoms with van der Waals surface area (Å²) < 4.78 is 46.1. The Morgan fingerprint density at radius 3 is 2.31 bits per heavy atom. The van der Waals surface area contributed by atoms with Crippen molar-refractivity contribution in [2.45, 2.75) is 23.8 Å². The minimum absolute atomic E-state index is 0.0443. The van der Waals surface area contributed by atoms with Crippen LogP contribution in [0.15, 0.2) is 71.9 Å². The molecule has 1 aliphatic rings. The van der Waals surface area contributed by atoms with Gasteiger partial charge in [0.05, 0.1) is 23.8 Å². The summed E-state index contributed by atoms with van der Waals surface area (Å²) in [6.45, 7) is 0.621. The van der Waals surface area contributed by atoms with Crippen LogP contribution < -0.4 is 4.74 Å². The highest BCUT2D eigenvalue weighted by Crippen LogP contribution is 2.25. The molecule has 0 N–H and O–H groups in total. The third-order valence-electron chi connectivity index (χ3n) is 4.81. The van der Waals surface area contributed by atoms with E-state index in [1.807, 2.05) is 42.5 Å². The standard InChI is InChI=1S/C21H20FN3O3S/c22-18-13-23-21(24-14-18)28-19-7-4-12-25(15-19)29(26,27)20-10-8-17(9-11-20)16-5-2-1-3-6-16/h1-3,5-6,8-11,13-14,19H,4,7,12,15H2. The average Bonchev–Trinajstić information content (AvgIpc) is 2.76. The van der Waals surface area contributed by atoms with E-state index in [2.05, 4.69) is 9.97 Å². The maximum Gasteiger partial charge on any atom is 0.316 e. The summed E-state index contributed by atoms with van der Waals surface area (Å²) in [6, 6.07) is 16.7. The Kier molecular flexibility index (Phi) is 5.55. The van der Waals surface area contributed by atoms with Crippen molar-refractivity contribution in [2.24, 2.45) is 0 Å². The first-order valence-corrected chi connectivity index (χ1v) is 10.8. The molecule has 150 valence electrons. The fourth-order valence-corrected chi connectivity index (χ4v) is 4.84. The number of piperidine rings is 1. The van der Waals surface area contributed by atoms with E-state index in [0.29, 0.717) is 19.4 Å². The van der Waals surface area contributed by atoms with Gasteiger partial charge in [-0.3, -0.25) is 0 Å². The van der Waals surface area contributed by atoms with Gasteiger partial charge in [-0.25, -0.2) is 22.8 Å². The second kappa shape index (κ2) is 8.26. The Labute approximate surface area is 169 Å². The molecule has 3 aromatic rings. The van der Waals surface area contributed by atoms with E-state index in [1.165, 1.54) is 4.31 Å². The van der Waals surface area contributed by atoms with E-state index in [0.717, 1.165) is 23.5 Å². The number of hydrogen-bond acceptors (Lipinski definition) is 5. The van der Waals surface area contributed by atoms with Gasteiger partial charge in [0, 0.05) is 6.54 Å². The minimum Gasteiger partial charge on any atom is -0.459 e. The number of benzene rings is 2. The molecular weight excluding hydrogens is 393 g/mol. The van der Waals surface area contributed by atoms with Crippen LogP contribution >= 0.6 is 0 Å². The van der Waals surface area contributed by atoms with Gasteiger partial charge in [0.25, 0.3) is 0 Å². The van der Waals surface area contributed by atoms with Gasteiger partial charge < -0.3 is 4.74 Å². The van der Waals surface area contributed by atoms with Gasteiger partial charge in [-0.1, -0.05) is 42.5 Å². The number of halogens is 1. The van der Waals surface area contributed by atoms with Crippen LogP contribution in [0.1, 0.15) is 12.8 Å². The molecule has 8 heteroatoms. The summed E-state index contributed by atoms with van der Waals surface area (Å²) in [6.07, 6.45) is 3.00. The number of nitrogens with zero attached hydrogens (tertiary/aromatic N) is 3. The zero-order valence-corrected chi connectivity index (χ0v) is 16.4. The van der Waals surface area contributed by atoms with Gasteiger partial charge in [0.15, 0.2) is 5.82 Å². The summed E-state index contributed by atoms with van der Waals surface area (Å²) in [7, 11) is -3.64. The van der Waals surface area contributed by atoms with Crippen LogP contribution in [-0.4, -0.2) is 41.9 Å². The largest absolute Gasteiger partial charge is 0.459 e. The first kappa shape index (κ1) is 19.5. The lowest BCUT2D eigenvalue weighted by molar-refractivity contribution is 0.119. The van der Waals surface area contributed by atoms with Crippen LogP contribution in [0.3, 0.4) is 0 Å². The SMILES string of the molecule is O=S(=O)(c1ccc(-c2ccccc2)cc1)N1CCCC(Oc2ncc(F)cn2)C1. The predicted octanol–water partition coefficient (Wildman–Crippen LogP) is 3.51. The van der Waals surface area contributed by atoms with E-state index in [4.69, 9.17) is 4.74 Å². The maximum atomic E-state index is 13.1. The molecule has 0 amide bonds. The molecule has 4 rings (SSSR count). The molecule has 29 heavy (non-hydrogen) atoms. The van der Waals surface area contributed by atoms with Gasteiger partial charge in [-0.2, -0.15) is 4.31 Å². The second-order valence-electron chi connectivity index (χ2n) is 6.82. The Morgan fingerprint density at radius 2 is 1.62 bits per heavy atom. The molecule has 1 atom stereocenters. The second-order valence-corrected chi connectivity index (χ2v) is 8.76. The molecule has 6 nitrogen and oxygen atoms in total. The van der Waals surface area contributed by atoms with Crippen LogP contribution in [0.5, 0.6) is 6.01 Å². The molecule has 0 spiro atoms. The quantitative estimate of drug-likeness (QED) is 0.640. The van der Waals surface area contributed by atoms with Crippen molar-refractivity contribution in [2.75, 3.05) is 13.1 Å². The van der Waals surface area contributed by atoms with Crippen molar-refractivity contribution in [1.82, 2.24) is 14.3 Å². The zero-order valence-electron chi connectivity index (χ0n) is 15.6. The van der Waals surface area contributed by atoms with Gasteiger partial charge in [0.1, 0.15) is 6.10 Å². The smallest absolute Gasteiger partial charge is 0.316 e. The van der Waals surface area contributed by atoms with E-state index in [9.17, 15) is 12.8 Å². The lowest BCUT2D eigenvalue weighted by atomic mass is 10.1. The fraction of sp³-hybridized carbons (Fsp3) is 0.238. The van der Waals surface area contributed by atoms with Gasteiger partial charge >= 0.3 is 6.01 Å². The van der Waals surface area contributed by atoms with Crippen molar-refractivity contribution in [3.05, 3.63) is 72.8 Å². The van der Waals surface area contributed by atoms with Crippen molar-refractivity contribution in [1.29, 1.82) is 0 Å². The Morgan fingerprint density at radius 1 is 0.966 bits per heavy atom. The Bertz CT molecular complexity index is 1060. The first-order chi connectivity index (χ1) is 14.0. The molecule has 0 aliphatic carbocycles. The van der Waals surface area contributed by atoms with Crippen molar-refractivity contribution >= 4 is 10.0 Å². The van der Waals surface area contributed by atoms with Crippen LogP contribution in [0, 0.1) is 5.82 Å². The molecule has 2 aromatic carbocycles. The van der Waals surface area contributed by atoms with Gasteiger partial charge in [-0.05, 0) is 36.1 Å². The van der Waals surface area contributed by atoms with Crippen molar-refractivity contribution in [3.63, 3.8) is 0 Å². The molecule has 1 saturated heterocycles. The highest BCUT2D eigenvalue weighted by atomic mass is 32.2. The summed E-state index contributed by atoms with van der Waals surface area (Å²) in [5.41, 5.74) is 1.99. The third kappa shape index (κ3) is 4.44. The highest BCUT2D eigenvalue weighted by molar-refractivity contribution is 7.89. The summed E-state index contributed by atoms with van der Waals surface area (Å²) in [5, 5.41) is 0. The van der Waals surface area contributed by atoms with Crippen LogP contribution in [0.2, 0.25) is 0 Å². The number of rotatable bonds is 5. The zero-order chi connectivity index (χ0) is 20.3. The molecule has 1 aromatic heterocycles. The summed E-state index contributed by atoms with van der Waals surface area (Å²) >= 11 is 0. The van der Waals surface area contributed by atoms with Crippen molar-refractivity contribution < 1.29 is 17.5 Å². The van der Waals surface area contributed by atoms with Crippen LogP contribution in [-0.2, 0) is 10.0 Å². The molecule has 0 saturated carbocycles. The van der Waals surface area contributed by atoms with E-state index >= 15 is 0 Å². The predicted molar refractivity (Wildman–Crippen MR) is 106 cm³/mol. The lowest BCUT2D eigenvalue weighted by Gasteiger charge is -2.31. The Balaban J connectivity index is 1.48. The fourth-order valence-electron chi connectivity index (χ4n) is 3.33. The summed E-state index contributed by atoms with van der Waals surface area (Å²) in [5.74, 6) is -0.552. The average molecular weight is 413 g/mol. The number of aromatic nitrogens is 2. The molecule has 0 bridgehead atoms. The maximum absolute atomic E-state index is 13.1. The highest BCUT2D eigenvalue weighted by Gasteiger charge is 2.31. The molecule has 2 heterocycles. The minimum atomic E-state index is -3.64. The van der Waals surface area contributed by atoms with Gasteiger partial charge in [-0.15, -0.1) is 0 Å². The van der Waals surface area contributed by atoms with Crippen LogP contribution in [0.4, 0.5) is 4.39 Å². The monoisotopic (exact) mass is 413 g/mol. The summed E-state index contributed by atoms with van der Waals surface area (Å²) in [4.78, 5) is 7.81. The van der Waals surface area contributed by atoms with Crippen molar-refractivity contribution in [3.8, 4) is 17.1 Å². The molecule has 1 aliphatic heterocycles. The Hall–Kier alpha value is -2.84. The molecular formula is C21H20FN3O3S. The lowest BCUT2D eigenvalue weighted by Crippen LogP contribution is -2.44. The van der Waals surface area contributed by atoms with E-state index < -0.39 is 15.8 Å². The third-order valence-corrected chi connectivity index (χ3v) is 6.69. The topological polar surface area (TPSA) is 72.4 Å². The first-order valence-electron chi connectivity index (χ1n) is 9.32. The molecule has 1 fully saturated rings. The number of hydrogen-bond donors (Lipinski definition) is 0. The normalized spacial score (nSPS) is 17.8. The number of ether oxygens (including phenoxy) is 1. The van der Waals surface area contributed by atoms with E-state index in [1.54, 1.807) is 12.1 Å². The van der Waals surface area contributed by atoms with E-state index in [-0.39, 0.29) is 23.6 Å².